The Morgan fingerprint density at radius 1 is 1.54 bits per heavy atom. The standard InChI is InChI=1S/C9H17NO3/c1-5-8(13-7(2)3)9(12)10(4)6-11/h6-8H,5H2,1-4H3. The predicted octanol–water partition coefficient (Wildman–Crippen LogP) is 0.805. The third-order valence-corrected chi connectivity index (χ3v) is 1.59. The number of ether oxygens (including phenoxy) is 1. The maximum Gasteiger partial charge on any atom is 0.257 e. The van der Waals surface area contributed by atoms with E-state index in [9.17, 15) is 9.59 Å². The van der Waals surface area contributed by atoms with Crippen molar-refractivity contribution in [3.8, 4) is 0 Å². The molecule has 0 aliphatic rings. The van der Waals surface area contributed by atoms with Gasteiger partial charge in [-0.15, -0.1) is 0 Å². The van der Waals surface area contributed by atoms with E-state index in [1.807, 2.05) is 20.8 Å². The topological polar surface area (TPSA) is 46.6 Å². The molecule has 0 saturated heterocycles. The summed E-state index contributed by atoms with van der Waals surface area (Å²) in [5, 5.41) is 0. The maximum atomic E-state index is 11.4. The van der Waals surface area contributed by atoms with Gasteiger partial charge in [0.2, 0.25) is 6.41 Å². The zero-order valence-electron chi connectivity index (χ0n) is 8.61. The van der Waals surface area contributed by atoms with Crippen LogP contribution in [0.5, 0.6) is 0 Å². The fourth-order valence-electron chi connectivity index (χ4n) is 0.937. The maximum absolute atomic E-state index is 11.4. The number of amides is 2. The Kier molecular flexibility index (Phi) is 5.30. The summed E-state index contributed by atoms with van der Waals surface area (Å²) in [5.41, 5.74) is 0. The van der Waals surface area contributed by atoms with E-state index in [1.54, 1.807) is 0 Å². The first-order valence-electron chi connectivity index (χ1n) is 4.40. The summed E-state index contributed by atoms with van der Waals surface area (Å²) in [6, 6.07) is 0. The van der Waals surface area contributed by atoms with E-state index in [0.717, 1.165) is 4.90 Å². The molecule has 0 spiro atoms. The van der Waals surface area contributed by atoms with E-state index < -0.39 is 6.10 Å². The van der Waals surface area contributed by atoms with Crippen LogP contribution >= 0.6 is 0 Å². The lowest BCUT2D eigenvalue weighted by Crippen LogP contribution is -2.38. The minimum atomic E-state index is -0.504. The molecule has 0 N–H and O–H groups in total. The number of hydrogen-bond acceptors (Lipinski definition) is 3. The molecule has 4 heteroatoms. The van der Waals surface area contributed by atoms with Gasteiger partial charge in [-0.3, -0.25) is 14.5 Å². The van der Waals surface area contributed by atoms with E-state index in [4.69, 9.17) is 4.74 Å². The summed E-state index contributed by atoms with van der Waals surface area (Å²) < 4.78 is 5.33. The molecule has 1 atom stereocenters. The van der Waals surface area contributed by atoms with Gasteiger partial charge in [-0.2, -0.15) is 0 Å². The Morgan fingerprint density at radius 3 is 2.38 bits per heavy atom. The monoisotopic (exact) mass is 187 g/mol. The van der Waals surface area contributed by atoms with Crippen LogP contribution in [0.4, 0.5) is 0 Å². The average molecular weight is 187 g/mol. The zero-order valence-corrected chi connectivity index (χ0v) is 8.61. The van der Waals surface area contributed by atoms with Crippen LogP contribution in [-0.2, 0) is 14.3 Å². The smallest absolute Gasteiger partial charge is 0.257 e. The average Bonchev–Trinajstić information content (AvgIpc) is 2.11. The van der Waals surface area contributed by atoms with Gasteiger partial charge < -0.3 is 4.74 Å². The van der Waals surface area contributed by atoms with Crippen LogP contribution in [0, 0.1) is 0 Å². The molecular weight excluding hydrogens is 170 g/mol. The number of hydrogen-bond donors (Lipinski definition) is 0. The molecule has 0 aliphatic heterocycles. The molecular formula is C9H17NO3. The van der Waals surface area contributed by atoms with E-state index in [0.29, 0.717) is 12.8 Å². The van der Waals surface area contributed by atoms with Gasteiger partial charge in [-0.25, -0.2) is 0 Å². The molecule has 0 bridgehead atoms. The highest BCUT2D eigenvalue weighted by molar-refractivity contribution is 5.89. The molecule has 0 aliphatic carbocycles. The highest BCUT2D eigenvalue weighted by atomic mass is 16.5. The second-order valence-electron chi connectivity index (χ2n) is 3.14. The van der Waals surface area contributed by atoms with Crippen molar-refractivity contribution in [3.63, 3.8) is 0 Å². The largest absolute Gasteiger partial charge is 0.366 e. The summed E-state index contributed by atoms with van der Waals surface area (Å²) in [6.07, 6.45) is 0.563. The van der Waals surface area contributed by atoms with Crippen molar-refractivity contribution >= 4 is 12.3 Å². The predicted molar refractivity (Wildman–Crippen MR) is 49.1 cm³/mol. The lowest BCUT2D eigenvalue weighted by molar-refractivity contribution is -0.148. The second kappa shape index (κ2) is 5.70. The lowest BCUT2D eigenvalue weighted by Gasteiger charge is -2.20. The van der Waals surface area contributed by atoms with E-state index in [2.05, 4.69) is 0 Å². The first-order chi connectivity index (χ1) is 6.02. The molecule has 0 saturated carbocycles. The highest BCUT2D eigenvalue weighted by Crippen LogP contribution is 2.04. The Bertz CT molecular complexity index is 180. The fraction of sp³-hybridized carbons (Fsp3) is 0.778. The van der Waals surface area contributed by atoms with E-state index in [-0.39, 0.29) is 12.0 Å². The summed E-state index contributed by atoms with van der Waals surface area (Å²) in [5.74, 6) is -0.286. The Hall–Kier alpha value is -0.900. The summed E-state index contributed by atoms with van der Waals surface area (Å²) in [7, 11) is 1.43. The normalized spacial score (nSPS) is 12.7. The zero-order chi connectivity index (χ0) is 10.4. The van der Waals surface area contributed by atoms with Crippen LogP contribution in [0.25, 0.3) is 0 Å². The van der Waals surface area contributed by atoms with Crippen LogP contribution in [0.1, 0.15) is 27.2 Å². The summed E-state index contributed by atoms with van der Waals surface area (Å²) in [4.78, 5) is 22.7. The molecule has 0 radical (unpaired) electrons. The minimum Gasteiger partial charge on any atom is -0.366 e. The number of nitrogens with zero attached hydrogens (tertiary/aromatic N) is 1. The first kappa shape index (κ1) is 12.1. The summed E-state index contributed by atoms with van der Waals surface area (Å²) >= 11 is 0. The van der Waals surface area contributed by atoms with Crippen molar-refractivity contribution in [3.05, 3.63) is 0 Å². The minimum absolute atomic E-state index is 0.00560. The molecule has 0 aromatic rings. The van der Waals surface area contributed by atoms with Crippen molar-refractivity contribution < 1.29 is 14.3 Å². The van der Waals surface area contributed by atoms with Crippen molar-refractivity contribution in [2.45, 2.75) is 39.4 Å². The van der Waals surface area contributed by atoms with Gasteiger partial charge in [0.1, 0.15) is 6.10 Å². The van der Waals surface area contributed by atoms with Gasteiger partial charge in [0, 0.05) is 7.05 Å². The van der Waals surface area contributed by atoms with Crippen molar-refractivity contribution in [1.29, 1.82) is 0 Å². The molecule has 0 heterocycles. The van der Waals surface area contributed by atoms with Crippen LogP contribution in [-0.4, -0.2) is 36.5 Å². The third-order valence-electron chi connectivity index (χ3n) is 1.59. The molecule has 0 fully saturated rings. The van der Waals surface area contributed by atoms with Gasteiger partial charge >= 0.3 is 0 Å². The molecule has 0 aromatic heterocycles. The van der Waals surface area contributed by atoms with E-state index >= 15 is 0 Å². The van der Waals surface area contributed by atoms with E-state index in [1.165, 1.54) is 7.05 Å². The Balaban J connectivity index is 4.22. The molecule has 0 aromatic carbocycles. The van der Waals surface area contributed by atoms with Gasteiger partial charge in [0.15, 0.2) is 0 Å². The lowest BCUT2D eigenvalue weighted by atomic mass is 10.2. The van der Waals surface area contributed by atoms with Crippen LogP contribution in [0.2, 0.25) is 0 Å². The SMILES string of the molecule is CCC(OC(C)C)C(=O)N(C)C=O. The third kappa shape index (κ3) is 4.03. The molecule has 1 unspecified atom stereocenters. The molecule has 4 nitrogen and oxygen atoms in total. The fourth-order valence-corrected chi connectivity index (χ4v) is 0.937. The van der Waals surface area contributed by atoms with Crippen LogP contribution < -0.4 is 0 Å². The van der Waals surface area contributed by atoms with Crippen LogP contribution in [0.15, 0.2) is 0 Å². The number of imide groups is 1. The second-order valence-corrected chi connectivity index (χ2v) is 3.14. The quantitative estimate of drug-likeness (QED) is 0.598. The molecule has 0 rings (SSSR count). The van der Waals surface area contributed by atoms with Gasteiger partial charge in [0.05, 0.1) is 6.10 Å². The van der Waals surface area contributed by atoms with Gasteiger partial charge in [-0.1, -0.05) is 6.92 Å². The first-order valence-corrected chi connectivity index (χ1v) is 4.40. The molecule has 76 valence electrons. The molecule has 2 amide bonds. The van der Waals surface area contributed by atoms with Gasteiger partial charge in [-0.05, 0) is 20.3 Å². The Morgan fingerprint density at radius 2 is 2.08 bits per heavy atom. The van der Waals surface area contributed by atoms with Crippen LogP contribution in [0.3, 0.4) is 0 Å². The number of carbonyl (C=O) groups is 2. The number of rotatable bonds is 5. The van der Waals surface area contributed by atoms with Crippen molar-refractivity contribution in [1.82, 2.24) is 4.90 Å². The van der Waals surface area contributed by atoms with Crippen molar-refractivity contribution in [2.24, 2.45) is 0 Å². The van der Waals surface area contributed by atoms with Crippen molar-refractivity contribution in [2.75, 3.05) is 7.05 Å². The highest BCUT2D eigenvalue weighted by Gasteiger charge is 2.21. The number of carbonyl (C=O) groups excluding carboxylic acids is 2. The number of likely N-dealkylation sites (N-methyl/N-ethyl adjacent to an activating group) is 1. The Labute approximate surface area is 78.9 Å². The summed E-state index contributed by atoms with van der Waals surface area (Å²) in [6.45, 7) is 5.57. The molecule has 13 heavy (non-hydrogen) atoms. The van der Waals surface area contributed by atoms with Gasteiger partial charge in [0.25, 0.3) is 5.91 Å².